The number of rotatable bonds is 5. The van der Waals surface area contributed by atoms with Crippen molar-refractivity contribution in [1.82, 2.24) is 25.5 Å². The van der Waals surface area contributed by atoms with E-state index in [1.54, 1.807) is 6.20 Å². The lowest BCUT2D eigenvalue weighted by Crippen LogP contribution is -2.10. The fourth-order valence-electron chi connectivity index (χ4n) is 1.65. The number of aromatic nitrogens is 4. The van der Waals surface area contributed by atoms with Crippen molar-refractivity contribution in [3.8, 4) is 6.07 Å². The first-order valence-electron chi connectivity index (χ1n) is 6.03. The van der Waals surface area contributed by atoms with Gasteiger partial charge in [0.05, 0.1) is 0 Å². The molecule has 7 nitrogen and oxygen atoms in total. The summed E-state index contributed by atoms with van der Waals surface area (Å²) in [6.07, 6.45) is 1.56. The van der Waals surface area contributed by atoms with Crippen LogP contribution >= 0.6 is 0 Å². The molecule has 0 aliphatic carbocycles. The number of nitrogens with zero attached hydrogens (tertiary/aromatic N) is 5. The number of hydrogen-bond donors (Lipinski definition) is 2. The van der Waals surface area contributed by atoms with E-state index in [0.29, 0.717) is 5.57 Å². The molecule has 7 heteroatoms. The summed E-state index contributed by atoms with van der Waals surface area (Å²) < 4.78 is 0. The number of hydrogen-bond acceptors (Lipinski definition) is 6. The highest BCUT2D eigenvalue weighted by atomic mass is 15.5. The maximum atomic E-state index is 9.03. The highest BCUT2D eigenvalue weighted by molar-refractivity contribution is 5.73. The van der Waals surface area contributed by atoms with Crippen molar-refractivity contribution in [3.63, 3.8) is 0 Å². The summed E-state index contributed by atoms with van der Waals surface area (Å²) in [5, 5.41) is 25.3. The monoisotopic (exact) mass is 269 g/mol. The minimum atomic E-state index is 0.268. The molecule has 2 aromatic rings. The maximum absolute atomic E-state index is 9.03. The van der Waals surface area contributed by atoms with Gasteiger partial charge in [0.25, 0.3) is 0 Å². The van der Waals surface area contributed by atoms with Gasteiger partial charge in [0.2, 0.25) is 5.82 Å². The molecule has 0 radical (unpaired) electrons. The van der Waals surface area contributed by atoms with Crippen LogP contribution in [0.1, 0.15) is 11.4 Å². The molecule has 2 rings (SSSR count). The average molecular weight is 269 g/mol. The maximum Gasteiger partial charge on any atom is 0.216 e. The lowest BCUT2D eigenvalue weighted by Gasteiger charge is -2.10. The average Bonchev–Trinajstić information content (AvgIpc) is 2.95. The second-order valence-corrected chi connectivity index (χ2v) is 4.48. The van der Waals surface area contributed by atoms with Crippen molar-refractivity contribution < 1.29 is 0 Å². The number of allylic oxidation sites excluding steroid dienone is 1. The Hall–Kier alpha value is -2.72. The molecule has 0 bridgehead atoms. The zero-order valence-corrected chi connectivity index (χ0v) is 11.3. The third kappa shape index (κ3) is 3.63. The van der Waals surface area contributed by atoms with Gasteiger partial charge in [-0.3, -0.25) is 0 Å². The van der Waals surface area contributed by atoms with E-state index in [4.69, 9.17) is 5.26 Å². The highest BCUT2D eigenvalue weighted by Crippen LogP contribution is 2.12. The molecule has 0 aliphatic heterocycles. The number of H-pyrrole nitrogens is 1. The molecular formula is C13H15N7. The Morgan fingerprint density at radius 1 is 1.40 bits per heavy atom. The minimum absolute atomic E-state index is 0.268. The van der Waals surface area contributed by atoms with Gasteiger partial charge in [0, 0.05) is 18.4 Å². The van der Waals surface area contributed by atoms with Gasteiger partial charge in [-0.2, -0.15) is 10.5 Å². The fraction of sp³-hybridized carbons (Fsp3) is 0.231. The first kappa shape index (κ1) is 13.7. The Labute approximate surface area is 116 Å². The van der Waals surface area contributed by atoms with Crippen LogP contribution < -0.4 is 5.32 Å². The first-order chi connectivity index (χ1) is 9.69. The van der Waals surface area contributed by atoms with E-state index >= 15 is 0 Å². The van der Waals surface area contributed by atoms with Crippen molar-refractivity contribution >= 4 is 11.3 Å². The van der Waals surface area contributed by atoms with E-state index in [1.807, 2.05) is 44.4 Å². The molecule has 0 saturated heterocycles. The molecule has 102 valence electrons. The van der Waals surface area contributed by atoms with Crippen molar-refractivity contribution in [2.75, 3.05) is 19.4 Å². The summed E-state index contributed by atoms with van der Waals surface area (Å²) in [6, 6.07) is 10.0. The highest BCUT2D eigenvalue weighted by Gasteiger charge is 2.05. The zero-order chi connectivity index (χ0) is 14.4. The van der Waals surface area contributed by atoms with Crippen LogP contribution in [0.25, 0.3) is 5.57 Å². The van der Waals surface area contributed by atoms with Gasteiger partial charge in [-0.1, -0.05) is 12.1 Å². The van der Waals surface area contributed by atoms with Gasteiger partial charge in [0.1, 0.15) is 11.6 Å². The fourth-order valence-corrected chi connectivity index (χ4v) is 1.65. The predicted octanol–water partition coefficient (Wildman–Crippen LogP) is 1.24. The van der Waals surface area contributed by atoms with E-state index in [-0.39, 0.29) is 5.82 Å². The second kappa shape index (κ2) is 6.45. The number of nitriles is 1. The van der Waals surface area contributed by atoms with Crippen molar-refractivity contribution in [2.45, 2.75) is 6.54 Å². The summed E-state index contributed by atoms with van der Waals surface area (Å²) in [7, 11) is 4.05. The van der Waals surface area contributed by atoms with Gasteiger partial charge in [-0.15, -0.1) is 10.2 Å². The normalized spacial score (nSPS) is 11.4. The topological polar surface area (TPSA) is 93.5 Å². The zero-order valence-electron chi connectivity index (χ0n) is 11.3. The number of nitrogens with one attached hydrogen (secondary N) is 2. The molecule has 1 heterocycles. The summed E-state index contributed by atoms with van der Waals surface area (Å²) >= 11 is 0. The lowest BCUT2D eigenvalue weighted by molar-refractivity contribution is 0.402. The summed E-state index contributed by atoms with van der Waals surface area (Å²) in [5.41, 5.74) is 2.43. The third-order valence-electron chi connectivity index (χ3n) is 2.54. The molecular weight excluding hydrogens is 254 g/mol. The molecule has 0 saturated carbocycles. The number of aromatic amines is 1. The van der Waals surface area contributed by atoms with Crippen molar-refractivity contribution in [3.05, 3.63) is 41.9 Å². The molecule has 0 unspecified atom stereocenters. The Kier molecular flexibility index (Phi) is 4.42. The smallest absolute Gasteiger partial charge is 0.216 e. The van der Waals surface area contributed by atoms with E-state index in [9.17, 15) is 0 Å². The quantitative estimate of drug-likeness (QED) is 0.793. The molecule has 0 spiro atoms. The molecule has 1 aromatic heterocycles. The van der Waals surface area contributed by atoms with Gasteiger partial charge in [0.15, 0.2) is 0 Å². The van der Waals surface area contributed by atoms with E-state index in [2.05, 4.69) is 30.8 Å². The van der Waals surface area contributed by atoms with Crippen molar-refractivity contribution in [2.24, 2.45) is 0 Å². The predicted molar refractivity (Wildman–Crippen MR) is 75.2 cm³/mol. The number of benzene rings is 1. The SMILES string of the molecule is CN(C)Cc1ccc(NC=C(C#N)c2nn[nH]n2)cc1. The van der Waals surface area contributed by atoms with Crippen LogP contribution in [0.3, 0.4) is 0 Å². The van der Waals surface area contributed by atoms with Crippen LogP contribution in [0.15, 0.2) is 30.5 Å². The summed E-state index contributed by atoms with van der Waals surface area (Å²) in [5.74, 6) is 0.268. The number of anilines is 1. The van der Waals surface area contributed by atoms with Crippen LogP contribution in [-0.4, -0.2) is 39.6 Å². The Morgan fingerprint density at radius 2 is 2.15 bits per heavy atom. The van der Waals surface area contributed by atoms with E-state index < -0.39 is 0 Å². The summed E-state index contributed by atoms with van der Waals surface area (Å²) in [6.45, 7) is 0.891. The van der Waals surface area contributed by atoms with E-state index in [0.717, 1.165) is 12.2 Å². The molecule has 0 aliphatic rings. The van der Waals surface area contributed by atoms with Crippen LogP contribution in [0, 0.1) is 11.3 Å². The Balaban J connectivity index is 2.05. The van der Waals surface area contributed by atoms with Gasteiger partial charge in [-0.25, -0.2) is 0 Å². The van der Waals surface area contributed by atoms with Crippen LogP contribution in [0.2, 0.25) is 0 Å². The molecule has 0 amide bonds. The van der Waals surface area contributed by atoms with Crippen LogP contribution in [-0.2, 0) is 6.54 Å². The van der Waals surface area contributed by atoms with Gasteiger partial charge >= 0.3 is 0 Å². The third-order valence-corrected chi connectivity index (χ3v) is 2.54. The van der Waals surface area contributed by atoms with Crippen LogP contribution in [0.5, 0.6) is 0 Å². The standard InChI is InChI=1S/C13H15N7/c1-20(2)9-10-3-5-12(6-4-10)15-8-11(7-14)13-16-18-19-17-13/h3-6,8,15H,9H2,1-2H3,(H,16,17,18,19). The Bertz CT molecular complexity index is 605. The molecule has 0 atom stereocenters. The number of tetrazole rings is 1. The van der Waals surface area contributed by atoms with Gasteiger partial charge < -0.3 is 10.2 Å². The lowest BCUT2D eigenvalue weighted by atomic mass is 10.2. The first-order valence-corrected chi connectivity index (χ1v) is 6.03. The molecule has 20 heavy (non-hydrogen) atoms. The van der Waals surface area contributed by atoms with E-state index in [1.165, 1.54) is 5.56 Å². The van der Waals surface area contributed by atoms with Gasteiger partial charge in [-0.05, 0) is 37.0 Å². The minimum Gasteiger partial charge on any atom is -0.360 e. The summed E-state index contributed by atoms with van der Waals surface area (Å²) in [4.78, 5) is 2.10. The Morgan fingerprint density at radius 3 is 2.70 bits per heavy atom. The second-order valence-electron chi connectivity index (χ2n) is 4.48. The van der Waals surface area contributed by atoms with Crippen LogP contribution in [0.4, 0.5) is 5.69 Å². The largest absolute Gasteiger partial charge is 0.360 e. The molecule has 2 N–H and O–H groups in total. The molecule has 1 aromatic carbocycles. The molecule has 0 fully saturated rings. The van der Waals surface area contributed by atoms with Crippen molar-refractivity contribution in [1.29, 1.82) is 5.26 Å².